The molecule has 1 N–H and O–H groups in total. The molecule has 6 heteroatoms. The van der Waals surface area contributed by atoms with Gasteiger partial charge in [-0.25, -0.2) is 13.2 Å². The Bertz CT molecular complexity index is 806. The van der Waals surface area contributed by atoms with Crippen molar-refractivity contribution < 1.29 is 17.9 Å². The molecule has 0 aliphatic heterocycles. The zero-order chi connectivity index (χ0) is 16.7. The predicted octanol–water partition coefficient (Wildman–Crippen LogP) is 1.96. The van der Waals surface area contributed by atoms with Crippen molar-refractivity contribution >= 4 is 16.0 Å². The summed E-state index contributed by atoms with van der Waals surface area (Å²) in [5.41, 5.74) is 1.15. The second kappa shape index (κ2) is 7.58. The summed E-state index contributed by atoms with van der Waals surface area (Å²) in [6.07, 6.45) is 5.02. The highest BCUT2D eigenvalue weighted by Crippen LogP contribution is 2.12. The largest absolute Gasteiger partial charge is 0.457 e. The van der Waals surface area contributed by atoms with E-state index in [2.05, 4.69) is 10.6 Å². The van der Waals surface area contributed by atoms with E-state index in [0.717, 1.165) is 5.56 Å². The molecule has 2 aromatic rings. The number of nitrogens with one attached hydrogen (secondary N) is 1. The number of hydrogen-bond acceptors (Lipinski definition) is 4. The van der Waals surface area contributed by atoms with E-state index < -0.39 is 16.0 Å². The molecule has 0 aliphatic rings. The van der Waals surface area contributed by atoms with Gasteiger partial charge >= 0.3 is 5.97 Å². The van der Waals surface area contributed by atoms with Crippen molar-refractivity contribution in [2.75, 3.05) is 6.54 Å². The van der Waals surface area contributed by atoms with E-state index in [0.29, 0.717) is 0 Å². The summed E-state index contributed by atoms with van der Waals surface area (Å²) in [4.78, 5) is 12.0. The van der Waals surface area contributed by atoms with Crippen molar-refractivity contribution in [3.05, 3.63) is 65.7 Å². The maximum Gasteiger partial charge on any atom is 0.338 e. The van der Waals surface area contributed by atoms with Gasteiger partial charge in [0.15, 0.2) is 0 Å². The average Bonchev–Trinajstić information content (AvgIpc) is 2.59. The SMILES string of the molecule is C#CCNS(=O)(=O)c1ccc(C(=O)OCc2ccccc2)cc1. The summed E-state index contributed by atoms with van der Waals surface area (Å²) in [7, 11) is -3.66. The van der Waals surface area contributed by atoms with E-state index >= 15 is 0 Å². The van der Waals surface area contributed by atoms with E-state index in [9.17, 15) is 13.2 Å². The molecule has 0 heterocycles. The number of hydrogen-bond donors (Lipinski definition) is 1. The maximum atomic E-state index is 11.9. The molecular weight excluding hydrogens is 314 g/mol. The Morgan fingerprint density at radius 1 is 1.09 bits per heavy atom. The average molecular weight is 329 g/mol. The van der Waals surface area contributed by atoms with Gasteiger partial charge in [0.25, 0.3) is 0 Å². The molecule has 0 fully saturated rings. The third-order valence-electron chi connectivity index (χ3n) is 2.98. The fourth-order valence-electron chi connectivity index (χ4n) is 1.80. The second-order valence-electron chi connectivity index (χ2n) is 4.61. The highest BCUT2D eigenvalue weighted by molar-refractivity contribution is 7.89. The van der Waals surface area contributed by atoms with E-state index in [1.807, 2.05) is 30.3 Å². The fraction of sp³-hybridized carbons (Fsp3) is 0.118. The van der Waals surface area contributed by atoms with Crippen molar-refractivity contribution in [2.45, 2.75) is 11.5 Å². The van der Waals surface area contributed by atoms with Crippen LogP contribution < -0.4 is 4.72 Å². The van der Waals surface area contributed by atoms with Crippen molar-refractivity contribution in [2.24, 2.45) is 0 Å². The van der Waals surface area contributed by atoms with Crippen LogP contribution in [0, 0.1) is 12.3 Å². The van der Waals surface area contributed by atoms with Crippen LogP contribution >= 0.6 is 0 Å². The van der Waals surface area contributed by atoms with Gasteiger partial charge < -0.3 is 4.74 Å². The molecule has 0 aromatic heterocycles. The van der Waals surface area contributed by atoms with E-state index in [4.69, 9.17) is 11.2 Å². The molecule has 5 nitrogen and oxygen atoms in total. The minimum Gasteiger partial charge on any atom is -0.457 e. The second-order valence-corrected chi connectivity index (χ2v) is 6.38. The molecule has 0 saturated carbocycles. The Kier molecular flexibility index (Phi) is 5.52. The summed E-state index contributed by atoms with van der Waals surface area (Å²) in [5.74, 6) is 1.67. The highest BCUT2D eigenvalue weighted by atomic mass is 32.2. The first-order valence-electron chi connectivity index (χ1n) is 6.77. The molecule has 0 atom stereocenters. The summed E-state index contributed by atoms with van der Waals surface area (Å²) in [6, 6.07) is 14.7. The number of rotatable bonds is 6. The summed E-state index contributed by atoms with van der Waals surface area (Å²) >= 11 is 0. The molecule has 2 aromatic carbocycles. The number of sulfonamides is 1. The van der Waals surface area contributed by atoms with Crippen LogP contribution in [0.4, 0.5) is 0 Å². The molecule has 0 saturated heterocycles. The van der Waals surface area contributed by atoms with Crippen LogP contribution in [-0.4, -0.2) is 20.9 Å². The predicted molar refractivity (Wildman–Crippen MR) is 86.0 cm³/mol. The Balaban J connectivity index is 2.02. The molecule has 0 aliphatic carbocycles. The van der Waals surface area contributed by atoms with E-state index in [1.165, 1.54) is 24.3 Å². The molecular formula is C17H15NO4S. The molecule has 23 heavy (non-hydrogen) atoms. The summed E-state index contributed by atoms with van der Waals surface area (Å²) in [6.45, 7) is 0.0622. The van der Waals surface area contributed by atoms with Crippen LogP contribution in [0.5, 0.6) is 0 Å². The van der Waals surface area contributed by atoms with E-state index in [-0.39, 0.29) is 23.6 Å². The quantitative estimate of drug-likeness (QED) is 0.649. The molecule has 118 valence electrons. The number of esters is 1. The van der Waals surface area contributed by atoms with Crippen molar-refractivity contribution in [1.29, 1.82) is 0 Å². The van der Waals surface area contributed by atoms with Gasteiger partial charge in [0.05, 0.1) is 17.0 Å². The first-order valence-corrected chi connectivity index (χ1v) is 8.25. The molecule has 0 spiro atoms. The van der Waals surface area contributed by atoms with Crippen LogP contribution in [0.2, 0.25) is 0 Å². The Hall–Kier alpha value is -2.62. The van der Waals surface area contributed by atoms with Crippen LogP contribution in [-0.2, 0) is 21.4 Å². The lowest BCUT2D eigenvalue weighted by atomic mass is 10.2. The third kappa shape index (κ3) is 4.68. The third-order valence-corrected chi connectivity index (χ3v) is 4.39. The van der Waals surface area contributed by atoms with Gasteiger partial charge in [0, 0.05) is 0 Å². The van der Waals surface area contributed by atoms with Crippen LogP contribution in [0.1, 0.15) is 15.9 Å². The smallest absolute Gasteiger partial charge is 0.338 e. The van der Waals surface area contributed by atoms with Gasteiger partial charge in [-0.05, 0) is 29.8 Å². The van der Waals surface area contributed by atoms with Crippen LogP contribution in [0.3, 0.4) is 0 Å². The molecule has 0 radical (unpaired) electrons. The topological polar surface area (TPSA) is 72.5 Å². The van der Waals surface area contributed by atoms with Crippen LogP contribution in [0.15, 0.2) is 59.5 Å². The maximum absolute atomic E-state index is 11.9. The van der Waals surface area contributed by atoms with Gasteiger partial charge in [0.2, 0.25) is 10.0 Å². The minimum atomic E-state index is -3.66. The van der Waals surface area contributed by atoms with Gasteiger partial charge in [-0.2, -0.15) is 4.72 Å². The summed E-state index contributed by atoms with van der Waals surface area (Å²) in [5, 5.41) is 0. The normalized spacial score (nSPS) is 10.7. The zero-order valence-electron chi connectivity index (χ0n) is 12.2. The lowest BCUT2D eigenvalue weighted by Crippen LogP contribution is -2.23. The van der Waals surface area contributed by atoms with Crippen molar-refractivity contribution in [3.63, 3.8) is 0 Å². The molecule has 0 unspecified atom stereocenters. The fourth-order valence-corrected chi connectivity index (χ4v) is 2.73. The number of terminal acetylenes is 1. The lowest BCUT2D eigenvalue weighted by molar-refractivity contribution is 0.0472. The standard InChI is InChI=1S/C17H15NO4S/c1-2-12-18-23(20,21)16-10-8-15(9-11-16)17(19)22-13-14-6-4-3-5-7-14/h1,3-11,18H,12-13H2. The Morgan fingerprint density at radius 3 is 2.35 bits per heavy atom. The zero-order valence-corrected chi connectivity index (χ0v) is 13.0. The lowest BCUT2D eigenvalue weighted by Gasteiger charge is -2.07. The highest BCUT2D eigenvalue weighted by Gasteiger charge is 2.14. The Morgan fingerprint density at radius 2 is 1.74 bits per heavy atom. The van der Waals surface area contributed by atoms with Gasteiger partial charge in [-0.3, -0.25) is 0 Å². The molecule has 2 rings (SSSR count). The Labute approximate surface area is 135 Å². The summed E-state index contributed by atoms with van der Waals surface area (Å²) < 4.78 is 31.1. The van der Waals surface area contributed by atoms with Crippen LogP contribution in [0.25, 0.3) is 0 Å². The van der Waals surface area contributed by atoms with Gasteiger partial charge in [0.1, 0.15) is 6.61 Å². The van der Waals surface area contributed by atoms with Gasteiger partial charge in [-0.15, -0.1) is 6.42 Å². The molecule has 0 bridgehead atoms. The number of carbonyl (C=O) groups is 1. The van der Waals surface area contributed by atoms with E-state index in [1.54, 1.807) is 0 Å². The van der Waals surface area contributed by atoms with Crippen molar-refractivity contribution in [1.82, 2.24) is 4.72 Å². The number of ether oxygens (including phenoxy) is 1. The monoisotopic (exact) mass is 329 g/mol. The minimum absolute atomic E-state index is 0.0346. The first-order chi connectivity index (χ1) is 11.0. The first kappa shape index (κ1) is 16.7. The van der Waals surface area contributed by atoms with Crippen molar-refractivity contribution in [3.8, 4) is 12.3 Å². The number of carbonyl (C=O) groups excluding carboxylic acids is 1. The number of benzene rings is 2. The molecule has 0 amide bonds. The van der Waals surface area contributed by atoms with Gasteiger partial charge in [-0.1, -0.05) is 36.3 Å².